The maximum atomic E-state index is 14.1. The zero-order chi connectivity index (χ0) is 32.8. The number of nitrogens with zero attached hydrogens (tertiary/aromatic N) is 2. The Morgan fingerprint density at radius 3 is 2.15 bits per heavy atom. The smallest absolute Gasteiger partial charge is 0.246 e. The number of aromatic nitrogens is 1. The molecule has 2 heterocycles. The summed E-state index contributed by atoms with van der Waals surface area (Å²) in [5.74, 6) is 0.920. The van der Waals surface area contributed by atoms with E-state index in [9.17, 15) is 19.5 Å². The van der Waals surface area contributed by atoms with Gasteiger partial charge in [0, 0.05) is 25.4 Å². The van der Waals surface area contributed by atoms with Gasteiger partial charge in [-0.25, -0.2) is 4.98 Å². The van der Waals surface area contributed by atoms with Crippen LogP contribution < -0.4 is 10.6 Å². The minimum absolute atomic E-state index is 0.0506. The monoisotopic (exact) mass is 650 g/mol. The number of carbonyl (C=O) groups is 3. The van der Waals surface area contributed by atoms with E-state index >= 15 is 0 Å². The molecule has 3 amide bonds. The molecule has 5 rings (SSSR count). The fraction of sp³-hybridized carbons (Fsp3) is 0.676. The first-order valence-corrected chi connectivity index (χ1v) is 18.4. The number of nitrogens with one attached hydrogen (secondary N) is 2. The van der Waals surface area contributed by atoms with Crippen molar-refractivity contribution < 1.29 is 19.5 Å². The van der Waals surface area contributed by atoms with Crippen molar-refractivity contribution in [2.45, 2.75) is 129 Å². The minimum Gasteiger partial charge on any atom is -0.391 e. The third-order valence-corrected chi connectivity index (χ3v) is 11.6. The summed E-state index contributed by atoms with van der Waals surface area (Å²) in [4.78, 5) is 48.2. The topological polar surface area (TPSA) is 112 Å². The maximum absolute atomic E-state index is 14.1. The predicted molar refractivity (Wildman–Crippen MR) is 183 cm³/mol. The molecule has 5 atom stereocenters. The van der Waals surface area contributed by atoms with E-state index in [0.717, 1.165) is 59.2 Å². The van der Waals surface area contributed by atoms with Gasteiger partial charge in [-0.3, -0.25) is 14.4 Å². The number of rotatable bonds is 8. The van der Waals surface area contributed by atoms with Gasteiger partial charge in [0.2, 0.25) is 17.7 Å². The number of aliphatic hydroxyl groups excluding tert-OH is 1. The van der Waals surface area contributed by atoms with Crippen LogP contribution in [0.25, 0.3) is 10.4 Å². The van der Waals surface area contributed by atoms with E-state index in [1.807, 2.05) is 57.5 Å². The van der Waals surface area contributed by atoms with Gasteiger partial charge in [0.25, 0.3) is 0 Å². The largest absolute Gasteiger partial charge is 0.391 e. The molecule has 3 fully saturated rings. The number of β-amino-alcohol motifs (C(OH)–C–C–N with tert-alkyl or cyclic N) is 1. The van der Waals surface area contributed by atoms with Crippen molar-refractivity contribution in [2.75, 3.05) is 6.54 Å². The van der Waals surface area contributed by atoms with Gasteiger partial charge in [-0.05, 0) is 48.1 Å². The van der Waals surface area contributed by atoms with Crippen LogP contribution in [-0.4, -0.2) is 57.4 Å². The third-order valence-electron chi connectivity index (χ3n) is 10.6. The van der Waals surface area contributed by atoms with Crippen molar-refractivity contribution in [3.63, 3.8) is 0 Å². The van der Waals surface area contributed by atoms with E-state index in [-0.39, 0.29) is 36.6 Å². The minimum atomic E-state index is -0.792. The summed E-state index contributed by atoms with van der Waals surface area (Å²) < 4.78 is 0. The second kappa shape index (κ2) is 15.4. The molecular weight excluding hydrogens is 596 g/mol. The number of amides is 3. The third kappa shape index (κ3) is 8.57. The van der Waals surface area contributed by atoms with Gasteiger partial charge in [0.1, 0.15) is 12.1 Å². The molecule has 8 nitrogen and oxygen atoms in total. The number of thiazole rings is 1. The van der Waals surface area contributed by atoms with Crippen molar-refractivity contribution >= 4 is 29.1 Å². The van der Waals surface area contributed by atoms with Crippen LogP contribution in [0.2, 0.25) is 0 Å². The molecule has 2 saturated carbocycles. The zero-order valence-corrected chi connectivity index (χ0v) is 29.0. The summed E-state index contributed by atoms with van der Waals surface area (Å²) in [6.45, 7) is 8.23. The molecule has 5 unspecified atom stereocenters. The van der Waals surface area contributed by atoms with E-state index in [2.05, 4.69) is 15.6 Å². The van der Waals surface area contributed by atoms with Crippen LogP contribution >= 0.6 is 11.3 Å². The fourth-order valence-corrected chi connectivity index (χ4v) is 8.73. The summed E-state index contributed by atoms with van der Waals surface area (Å²) in [7, 11) is 0. The molecule has 1 saturated heterocycles. The van der Waals surface area contributed by atoms with Crippen LogP contribution in [0.15, 0.2) is 29.8 Å². The SMILES string of the molecule is Cc1ncsc1-c1ccc(CNC(=O)C2CC(O)CN2C(=O)C(NC(=O)C2CCCCC(C3CCCC3)CCC2)C(C)(C)C)cc1. The number of likely N-dealkylation sites (tertiary alicyclic amines) is 1. The maximum Gasteiger partial charge on any atom is 0.246 e. The van der Waals surface area contributed by atoms with Gasteiger partial charge < -0.3 is 20.6 Å². The summed E-state index contributed by atoms with van der Waals surface area (Å²) >= 11 is 1.60. The Morgan fingerprint density at radius 1 is 0.935 bits per heavy atom. The molecule has 252 valence electrons. The molecular formula is C37H54N4O4S. The number of hydrogen-bond acceptors (Lipinski definition) is 6. The molecule has 1 aromatic carbocycles. The Kier molecular flexibility index (Phi) is 11.6. The zero-order valence-electron chi connectivity index (χ0n) is 28.2. The van der Waals surface area contributed by atoms with E-state index in [4.69, 9.17) is 0 Å². The molecule has 46 heavy (non-hydrogen) atoms. The Labute approximate surface area is 279 Å². The summed E-state index contributed by atoms with van der Waals surface area (Å²) in [6.07, 6.45) is 12.3. The van der Waals surface area contributed by atoms with Crippen LogP contribution in [0.4, 0.5) is 0 Å². The van der Waals surface area contributed by atoms with E-state index in [0.29, 0.717) is 6.54 Å². The summed E-state index contributed by atoms with van der Waals surface area (Å²) in [5, 5.41) is 16.7. The van der Waals surface area contributed by atoms with Crippen LogP contribution in [0.5, 0.6) is 0 Å². The molecule has 2 aliphatic carbocycles. The normalized spacial score (nSPS) is 25.4. The molecule has 0 radical (unpaired) electrons. The first-order valence-electron chi connectivity index (χ1n) is 17.6. The number of hydrogen-bond donors (Lipinski definition) is 3. The van der Waals surface area contributed by atoms with Crippen molar-refractivity contribution in [1.82, 2.24) is 20.5 Å². The van der Waals surface area contributed by atoms with Gasteiger partial charge in [-0.15, -0.1) is 11.3 Å². The number of benzene rings is 1. The Balaban J connectivity index is 1.19. The Bertz CT molecular complexity index is 1330. The molecule has 1 aromatic heterocycles. The van der Waals surface area contributed by atoms with Gasteiger partial charge in [0.15, 0.2) is 0 Å². The molecule has 3 N–H and O–H groups in total. The summed E-state index contributed by atoms with van der Waals surface area (Å²) in [5.41, 5.74) is 4.30. The predicted octanol–water partition coefficient (Wildman–Crippen LogP) is 6.39. The van der Waals surface area contributed by atoms with Crippen LogP contribution in [0.1, 0.15) is 109 Å². The van der Waals surface area contributed by atoms with Gasteiger partial charge in [-0.2, -0.15) is 0 Å². The average molecular weight is 651 g/mol. The second-order valence-corrected chi connectivity index (χ2v) is 16.0. The van der Waals surface area contributed by atoms with Crippen molar-refractivity contribution in [3.8, 4) is 10.4 Å². The Hall–Kier alpha value is -2.78. The van der Waals surface area contributed by atoms with Gasteiger partial charge in [-0.1, -0.05) is 103 Å². The number of aryl methyl sites for hydroxylation is 1. The van der Waals surface area contributed by atoms with Crippen molar-refractivity contribution in [1.29, 1.82) is 0 Å². The van der Waals surface area contributed by atoms with Gasteiger partial charge in [0.05, 0.1) is 22.2 Å². The van der Waals surface area contributed by atoms with Crippen LogP contribution in [0, 0.1) is 30.1 Å². The Morgan fingerprint density at radius 2 is 1.54 bits per heavy atom. The lowest BCUT2D eigenvalue weighted by molar-refractivity contribution is -0.144. The number of carbonyl (C=O) groups excluding carboxylic acids is 3. The highest BCUT2D eigenvalue weighted by molar-refractivity contribution is 7.13. The molecule has 0 bridgehead atoms. The molecule has 3 aliphatic rings. The molecule has 2 aromatic rings. The highest BCUT2D eigenvalue weighted by Gasteiger charge is 2.45. The quantitative estimate of drug-likeness (QED) is 0.307. The van der Waals surface area contributed by atoms with Gasteiger partial charge >= 0.3 is 0 Å². The van der Waals surface area contributed by atoms with E-state index < -0.39 is 23.6 Å². The van der Waals surface area contributed by atoms with E-state index in [1.54, 1.807) is 11.3 Å². The molecule has 0 spiro atoms. The van der Waals surface area contributed by atoms with Crippen LogP contribution in [0.3, 0.4) is 0 Å². The number of aliphatic hydroxyl groups is 1. The first-order chi connectivity index (χ1) is 22.0. The molecule has 9 heteroatoms. The van der Waals surface area contributed by atoms with Crippen LogP contribution in [-0.2, 0) is 20.9 Å². The highest BCUT2D eigenvalue weighted by Crippen LogP contribution is 2.38. The van der Waals surface area contributed by atoms with Crippen molar-refractivity contribution in [3.05, 3.63) is 41.0 Å². The average Bonchev–Trinajstić information content (AvgIpc) is 3.80. The van der Waals surface area contributed by atoms with Crippen molar-refractivity contribution in [2.24, 2.45) is 23.2 Å². The fourth-order valence-electron chi connectivity index (χ4n) is 7.92. The van der Waals surface area contributed by atoms with E-state index in [1.165, 1.54) is 49.8 Å². The molecule has 1 aliphatic heterocycles. The highest BCUT2D eigenvalue weighted by atomic mass is 32.1. The standard InChI is InChI=1S/C37H54N4O4S/c1-24-32(46-23-39-24)28-18-16-25(17-19-28)21-38-35(44)31-20-30(42)22-41(31)36(45)33(37(2,3)4)40-34(43)29-13-8-7-12-27(14-9-15-29)26-10-5-6-11-26/h16-19,23,26-27,29-31,33,42H,5-15,20-22H2,1-4H3,(H,38,44)(H,40,43). The lowest BCUT2D eigenvalue weighted by Crippen LogP contribution is -2.58. The lowest BCUT2D eigenvalue weighted by atomic mass is 9.83. The second-order valence-electron chi connectivity index (χ2n) is 15.1. The first kappa shape index (κ1) is 34.6. The lowest BCUT2D eigenvalue weighted by Gasteiger charge is -2.36. The summed E-state index contributed by atoms with van der Waals surface area (Å²) in [6, 6.07) is 6.44.